The summed E-state index contributed by atoms with van der Waals surface area (Å²) >= 11 is 0. The monoisotopic (exact) mass is 214 g/mol. The molecule has 0 saturated carbocycles. The third kappa shape index (κ3) is 2.87. The van der Waals surface area contributed by atoms with Gasteiger partial charge in [-0.25, -0.2) is 0 Å². The molecule has 2 aromatic rings. The topological polar surface area (TPSA) is 46.0 Å². The number of aliphatic hydroxyl groups is 1. The van der Waals surface area contributed by atoms with E-state index in [1.807, 2.05) is 30.3 Å². The van der Waals surface area contributed by atoms with Gasteiger partial charge in [0.1, 0.15) is 0 Å². The van der Waals surface area contributed by atoms with Gasteiger partial charge in [-0.3, -0.25) is 9.97 Å². The second-order valence-corrected chi connectivity index (χ2v) is 3.66. The highest BCUT2D eigenvalue weighted by Gasteiger charge is 2.07. The van der Waals surface area contributed by atoms with Gasteiger partial charge in [-0.1, -0.05) is 12.1 Å². The van der Waals surface area contributed by atoms with Crippen molar-refractivity contribution in [3.8, 4) is 0 Å². The van der Waals surface area contributed by atoms with Crippen LogP contribution in [0, 0.1) is 0 Å². The maximum absolute atomic E-state index is 9.91. The van der Waals surface area contributed by atoms with Gasteiger partial charge in [0, 0.05) is 24.3 Å². The molecule has 0 amide bonds. The zero-order valence-corrected chi connectivity index (χ0v) is 8.95. The van der Waals surface area contributed by atoms with Crippen LogP contribution < -0.4 is 0 Å². The van der Waals surface area contributed by atoms with Crippen molar-refractivity contribution in [3.63, 3.8) is 0 Å². The van der Waals surface area contributed by atoms with Crippen LogP contribution in [0.15, 0.2) is 48.9 Å². The van der Waals surface area contributed by atoms with Crippen LogP contribution in [0.2, 0.25) is 0 Å². The molecule has 0 aromatic carbocycles. The summed E-state index contributed by atoms with van der Waals surface area (Å²) in [6, 6.07) is 9.53. The third-order valence-corrected chi connectivity index (χ3v) is 2.47. The van der Waals surface area contributed by atoms with Gasteiger partial charge in [-0.05, 0) is 36.6 Å². The Morgan fingerprint density at radius 3 is 2.75 bits per heavy atom. The summed E-state index contributed by atoms with van der Waals surface area (Å²) in [5.74, 6) is 0. The van der Waals surface area contributed by atoms with Crippen molar-refractivity contribution >= 4 is 0 Å². The van der Waals surface area contributed by atoms with Gasteiger partial charge < -0.3 is 5.11 Å². The van der Waals surface area contributed by atoms with E-state index in [9.17, 15) is 5.11 Å². The van der Waals surface area contributed by atoms with Crippen LogP contribution in [-0.4, -0.2) is 15.1 Å². The molecule has 2 heterocycles. The molecule has 3 heteroatoms. The first kappa shape index (κ1) is 10.8. The first-order valence-corrected chi connectivity index (χ1v) is 5.34. The van der Waals surface area contributed by atoms with Crippen LogP contribution in [-0.2, 0) is 6.42 Å². The van der Waals surface area contributed by atoms with Crippen molar-refractivity contribution < 1.29 is 5.11 Å². The molecule has 2 aromatic heterocycles. The van der Waals surface area contributed by atoms with Crippen LogP contribution in [0.4, 0.5) is 0 Å². The van der Waals surface area contributed by atoms with Crippen molar-refractivity contribution in [2.45, 2.75) is 18.9 Å². The minimum absolute atomic E-state index is 0.462. The van der Waals surface area contributed by atoms with Gasteiger partial charge in [-0.2, -0.15) is 0 Å². The molecule has 1 N–H and O–H groups in total. The highest BCUT2D eigenvalue weighted by Crippen LogP contribution is 2.16. The van der Waals surface area contributed by atoms with E-state index < -0.39 is 6.10 Å². The minimum Gasteiger partial charge on any atom is -0.388 e. The van der Waals surface area contributed by atoms with E-state index in [0.29, 0.717) is 6.42 Å². The quantitative estimate of drug-likeness (QED) is 0.848. The largest absolute Gasteiger partial charge is 0.388 e. The molecule has 3 nitrogen and oxygen atoms in total. The molecule has 0 aliphatic carbocycles. The maximum atomic E-state index is 9.91. The van der Waals surface area contributed by atoms with Crippen molar-refractivity contribution in [1.82, 2.24) is 9.97 Å². The summed E-state index contributed by atoms with van der Waals surface area (Å²) in [6.45, 7) is 0. The van der Waals surface area contributed by atoms with E-state index in [2.05, 4.69) is 9.97 Å². The molecule has 0 aliphatic rings. The van der Waals surface area contributed by atoms with Gasteiger partial charge in [0.2, 0.25) is 0 Å². The Kier molecular flexibility index (Phi) is 3.62. The highest BCUT2D eigenvalue weighted by atomic mass is 16.3. The highest BCUT2D eigenvalue weighted by molar-refractivity contribution is 5.12. The minimum atomic E-state index is -0.462. The van der Waals surface area contributed by atoms with Crippen LogP contribution >= 0.6 is 0 Å². The van der Waals surface area contributed by atoms with Crippen LogP contribution in [0.1, 0.15) is 23.8 Å². The fraction of sp³-hybridized carbons (Fsp3) is 0.231. The van der Waals surface area contributed by atoms with Gasteiger partial charge >= 0.3 is 0 Å². The predicted molar refractivity (Wildman–Crippen MR) is 61.8 cm³/mol. The standard InChI is InChI=1S/C13H14N2O/c16-13(11-4-3-8-14-10-11)7-6-12-5-1-2-9-15-12/h1-5,8-10,13,16H,6-7H2. The van der Waals surface area contributed by atoms with Crippen molar-refractivity contribution in [1.29, 1.82) is 0 Å². The number of aromatic nitrogens is 2. The number of hydrogen-bond acceptors (Lipinski definition) is 3. The average Bonchev–Trinajstić information content (AvgIpc) is 2.38. The Morgan fingerprint density at radius 1 is 1.12 bits per heavy atom. The van der Waals surface area contributed by atoms with Gasteiger partial charge in [0.15, 0.2) is 0 Å². The third-order valence-electron chi connectivity index (χ3n) is 2.47. The molecular formula is C13H14N2O. The van der Waals surface area contributed by atoms with E-state index in [1.54, 1.807) is 18.6 Å². The Morgan fingerprint density at radius 2 is 2.06 bits per heavy atom. The zero-order valence-electron chi connectivity index (χ0n) is 8.95. The molecule has 82 valence electrons. The van der Waals surface area contributed by atoms with Crippen LogP contribution in [0.5, 0.6) is 0 Å². The number of nitrogens with zero attached hydrogens (tertiary/aromatic N) is 2. The Labute approximate surface area is 94.8 Å². The SMILES string of the molecule is OC(CCc1ccccn1)c1cccnc1. The number of pyridine rings is 2. The summed E-state index contributed by atoms with van der Waals surface area (Å²) in [6.07, 6.45) is 6.15. The van der Waals surface area contributed by atoms with Gasteiger partial charge in [-0.15, -0.1) is 0 Å². The molecule has 0 aliphatic heterocycles. The summed E-state index contributed by atoms with van der Waals surface area (Å²) in [5.41, 5.74) is 1.86. The molecule has 0 radical (unpaired) electrons. The number of hydrogen-bond donors (Lipinski definition) is 1. The fourth-order valence-corrected chi connectivity index (χ4v) is 1.57. The Bertz CT molecular complexity index is 416. The van der Waals surface area contributed by atoms with Crippen LogP contribution in [0.25, 0.3) is 0 Å². The van der Waals surface area contributed by atoms with E-state index in [1.165, 1.54) is 0 Å². The lowest BCUT2D eigenvalue weighted by atomic mass is 10.1. The molecule has 0 bridgehead atoms. The average molecular weight is 214 g/mol. The molecule has 1 atom stereocenters. The molecule has 16 heavy (non-hydrogen) atoms. The summed E-state index contributed by atoms with van der Waals surface area (Å²) < 4.78 is 0. The second-order valence-electron chi connectivity index (χ2n) is 3.66. The van der Waals surface area contributed by atoms with Crippen molar-refractivity contribution in [2.24, 2.45) is 0 Å². The molecule has 0 saturated heterocycles. The summed E-state index contributed by atoms with van der Waals surface area (Å²) in [4.78, 5) is 8.20. The Hall–Kier alpha value is -1.74. The van der Waals surface area contributed by atoms with E-state index in [0.717, 1.165) is 17.7 Å². The molecule has 1 unspecified atom stereocenters. The van der Waals surface area contributed by atoms with Crippen molar-refractivity contribution in [3.05, 3.63) is 60.2 Å². The zero-order chi connectivity index (χ0) is 11.2. The molecule has 0 fully saturated rings. The van der Waals surface area contributed by atoms with Gasteiger partial charge in [0.25, 0.3) is 0 Å². The summed E-state index contributed by atoms with van der Waals surface area (Å²) in [7, 11) is 0. The molecule has 0 spiro atoms. The Balaban J connectivity index is 1.92. The van der Waals surface area contributed by atoms with E-state index in [-0.39, 0.29) is 0 Å². The smallest absolute Gasteiger partial charge is 0.0808 e. The predicted octanol–water partition coefficient (Wildman–Crippen LogP) is 2.14. The van der Waals surface area contributed by atoms with Crippen LogP contribution in [0.3, 0.4) is 0 Å². The maximum Gasteiger partial charge on any atom is 0.0808 e. The van der Waals surface area contributed by atoms with Crippen molar-refractivity contribution in [2.75, 3.05) is 0 Å². The first-order chi connectivity index (χ1) is 7.86. The lowest BCUT2D eigenvalue weighted by molar-refractivity contribution is 0.167. The first-order valence-electron chi connectivity index (χ1n) is 5.34. The molecular weight excluding hydrogens is 200 g/mol. The number of aryl methyl sites for hydroxylation is 1. The molecule has 2 rings (SSSR count). The number of aliphatic hydroxyl groups excluding tert-OH is 1. The lowest BCUT2D eigenvalue weighted by Crippen LogP contribution is -2.00. The fourth-order valence-electron chi connectivity index (χ4n) is 1.57. The number of rotatable bonds is 4. The van der Waals surface area contributed by atoms with E-state index in [4.69, 9.17) is 0 Å². The van der Waals surface area contributed by atoms with Gasteiger partial charge in [0.05, 0.1) is 6.10 Å². The van der Waals surface area contributed by atoms with E-state index >= 15 is 0 Å². The normalized spacial score (nSPS) is 12.3. The second kappa shape index (κ2) is 5.37. The summed E-state index contributed by atoms with van der Waals surface area (Å²) in [5, 5.41) is 9.91. The lowest BCUT2D eigenvalue weighted by Gasteiger charge is -2.09.